The summed E-state index contributed by atoms with van der Waals surface area (Å²) in [7, 11) is 4.70. The first-order valence-corrected chi connectivity index (χ1v) is 11.0. The maximum atomic E-state index is 12.6. The van der Waals surface area contributed by atoms with Gasteiger partial charge in [-0.3, -0.25) is 4.79 Å². The molecule has 3 rings (SSSR count). The minimum atomic E-state index is -0.448. The highest BCUT2D eigenvalue weighted by atomic mass is 16.5. The maximum Gasteiger partial charge on any atom is 0.261 e. The first-order valence-electron chi connectivity index (χ1n) is 11.0. The van der Waals surface area contributed by atoms with E-state index in [0.29, 0.717) is 48.1 Å². The maximum absolute atomic E-state index is 12.6. The highest BCUT2D eigenvalue weighted by Gasteiger charge is 2.11. The van der Waals surface area contributed by atoms with Crippen molar-refractivity contribution in [2.45, 2.75) is 13.0 Å². The number of amides is 1. The lowest BCUT2D eigenvalue weighted by atomic mass is 10.1. The molecular weight excluding hydrogens is 444 g/mol. The average molecular weight is 473 g/mol. The molecule has 7 nitrogen and oxygen atoms in total. The molecule has 0 saturated heterocycles. The molecule has 3 aromatic carbocycles. The number of benzene rings is 3. The smallest absolute Gasteiger partial charge is 0.261 e. The van der Waals surface area contributed by atoms with E-state index < -0.39 is 5.91 Å². The van der Waals surface area contributed by atoms with Crippen molar-refractivity contribution in [1.82, 2.24) is 5.32 Å². The number of nitrogens with zero attached hydrogens (tertiary/aromatic N) is 1. The zero-order chi connectivity index (χ0) is 25.0. The van der Waals surface area contributed by atoms with Crippen molar-refractivity contribution in [2.75, 3.05) is 27.9 Å². The van der Waals surface area contributed by atoms with Crippen LogP contribution in [0.4, 0.5) is 0 Å². The summed E-state index contributed by atoms with van der Waals surface area (Å²) in [6, 6.07) is 22.6. The minimum Gasteiger partial charge on any atom is -0.493 e. The van der Waals surface area contributed by atoms with Gasteiger partial charge in [-0.1, -0.05) is 42.5 Å². The minimum absolute atomic E-state index is 0.00248. The van der Waals surface area contributed by atoms with Crippen LogP contribution in [0.3, 0.4) is 0 Å². The summed E-state index contributed by atoms with van der Waals surface area (Å²) in [4.78, 5) is 12.6. The molecule has 0 fully saturated rings. The Kier molecular flexibility index (Phi) is 9.14. The van der Waals surface area contributed by atoms with Crippen LogP contribution in [0.25, 0.3) is 6.08 Å². The topological polar surface area (TPSA) is 89.8 Å². The standard InChI is InChI=1S/C28H28N2O5/c1-32-24-11-9-20(16-26(24)33-2)13-14-30-28(31)23(18-29)15-22-10-12-25(27(17-22)34-3)35-19-21-7-5-4-6-8-21/h4-12,15-17H,13-14,19H2,1-3H3,(H,30,31). The van der Waals surface area contributed by atoms with Crippen molar-refractivity contribution in [1.29, 1.82) is 5.26 Å². The molecule has 1 N–H and O–H groups in total. The molecule has 0 bridgehead atoms. The summed E-state index contributed by atoms with van der Waals surface area (Å²) in [5, 5.41) is 12.3. The molecule has 0 aromatic heterocycles. The Morgan fingerprint density at radius 2 is 1.54 bits per heavy atom. The van der Waals surface area contributed by atoms with Crippen molar-refractivity contribution in [3.8, 4) is 29.1 Å². The summed E-state index contributed by atoms with van der Waals surface area (Å²) in [5.74, 6) is 1.91. The van der Waals surface area contributed by atoms with Gasteiger partial charge in [-0.25, -0.2) is 0 Å². The van der Waals surface area contributed by atoms with Crippen LogP contribution in [0.15, 0.2) is 72.3 Å². The first-order chi connectivity index (χ1) is 17.1. The Bertz CT molecular complexity index is 1220. The van der Waals surface area contributed by atoms with Crippen LogP contribution in [0.2, 0.25) is 0 Å². The summed E-state index contributed by atoms with van der Waals surface area (Å²) in [5.41, 5.74) is 2.66. The third kappa shape index (κ3) is 7.02. The van der Waals surface area contributed by atoms with Gasteiger partial charge >= 0.3 is 0 Å². The van der Waals surface area contributed by atoms with E-state index in [4.69, 9.17) is 18.9 Å². The monoisotopic (exact) mass is 472 g/mol. The Morgan fingerprint density at radius 3 is 2.23 bits per heavy atom. The first kappa shape index (κ1) is 25.2. The lowest BCUT2D eigenvalue weighted by Gasteiger charge is -2.12. The van der Waals surface area contributed by atoms with Gasteiger partial charge in [0.05, 0.1) is 21.3 Å². The number of hydrogen-bond acceptors (Lipinski definition) is 6. The van der Waals surface area contributed by atoms with Gasteiger partial charge in [-0.2, -0.15) is 5.26 Å². The molecule has 7 heteroatoms. The van der Waals surface area contributed by atoms with Gasteiger partial charge in [-0.15, -0.1) is 0 Å². The molecule has 35 heavy (non-hydrogen) atoms. The SMILES string of the molecule is COc1ccc(CCNC(=O)C(C#N)=Cc2ccc(OCc3ccccc3)c(OC)c2)cc1OC. The molecular formula is C28H28N2O5. The van der Waals surface area contributed by atoms with E-state index in [-0.39, 0.29) is 5.57 Å². The normalized spacial score (nSPS) is 10.7. The molecule has 180 valence electrons. The zero-order valence-electron chi connectivity index (χ0n) is 20.0. The largest absolute Gasteiger partial charge is 0.493 e. The predicted octanol–water partition coefficient (Wildman–Crippen LogP) is 4.56. The van der Waals surface area contributed by atoms with Crippen LogP contribution < -0.4 is 24.3 Å². The molecule has 0 saturated carbocycles. The number of nitriles is 1. The second-order valence-electron chi connectivity index (χ2n) is 7.55. The van der Waals surface area contributed by atoms with Gasteiger partial charge < -0.3 is 24.3 Å². The molecule has 0 spiro atoms. The van der Waals surface area contributed by atoms with E-state index in [1.54, 1.807) is 39.5 Å². The molecule has 1 amide bonds. The second-order valence-corrected chi connectivity index (χ2v) is 7.55. The fraction of sp³-hybridized carbons (Fsp3) is 0.214. The van der Waals surface area contributed by atoms with Crippen molar-refractivity contribution in [2.24, 2.45) is 0 Å². The van der Waals surface area contributed by atoms with Crippen molar-refractivity contribution >= 4 is 12.0 Å². The predicted molar refractivity (Wildman–Crippen MR) is 134 cm³/mol. The Labute approximate surface area is 205 Å². The van der Waals surface area contributed by atoms with Crippen molar-refractivity contribution in [3.05, 3.63) is 89.0 Å². The van der Waals surface area contributed by atoms with Gasteiger partial charge in [0.2, 0.25) is 0 Å². The summed E-state index contributed by atoms with van der Waals surface area (Å²) in [6.07, 6.45) is 2.10. The average Bonchev–Trinajstić information content (AvgIpc) is 2.91. The molecule has 0 unspecified atom stereocenters. The van der Waals surface area contributed by atoms with Crippen LogP contribution in [0.5, 0.6) is 23.0 Å². The summed E-state index contributed by atoms with van der Waals surface area (Å²) >= 11 is 0. The van der Waals surface area contributed by atoms with Gasteiger partial charge in [0.25, 0.3) is 5.91 Å². The number of rotatable bonds is 11. The fourth-order valence-electron chi connectivity index (χ4n) is 3.40. The van der Waals surface area contributed by atoms with Gasteiger partial charge in [-0.05, 0) is 53.5 Å². The van der Waals surface area contributed by atoms with E-state index in [1.165, 1.54) is 6.08 Å². The third-order valence-electron chi connectivity index (χ3n) is 5.25. The number of ether oxygens (including phenoxy) is 4. The lowest BCUT2D eigenvalue weighted by Crippen LogP contribution is -2.26. The fourth-order valence-corrected chi connectivity index (χ4v) is 3.40. The molecule has 0 aliphatic heterocycles. The van der Waals surface area contributed by atoms with E-state index >= 15 is 0 Å². The van der Waals surface area contributed by atoms with Gasteiger partial charge in [0.1, 0.15) is 18.2 Å². The molecule has 0 atom stereocenters. The highest BCUT2D eigenvalue weighted by Crippen LogP contribution is 2.30. The van der Waals surface area contributed by atoms with E-state index in [2.05, 4.69) is 5.32 Å². The number of hydrogen-bond donors (Lipinski definition) is 1. The Balaban J connectivity index is 1.62. The van der Waals surface area contributed by atoms with Crippen molar-refractivity contribution < 1.29 is 23.7 Å². The van der Waals surface area contributed by atoms with Crippen LogP contribution in [0, 0.1) is 11.3 Å². The van der Waals surface area contributed by atoms with Crippen LogP contribution in [-0.4, -0.2) is 33.8 Å². The van der Waals surface area contributed by atoms with E-state index in [1.807, 2.05) is 54.6 Å². The number of carbonyl (C=O) groups is 1. The quantitative estimate of drug-likeness (QED) is 0.325. The Hall–Kier alpha value is -4.44. The van der Waals surface area contributed by atoms with Gasteiger partial charge in [0, 0.05) is 6.54 Å². The van der Waals surface area contributed by atoms with Crippen molar-refractivity contribution in [3.63, 3.8) is 0 Å². The summed E-state index contributed by atoms with van der Waals surface area (Å²) in [6.45, 7) is 0.765. The van der Waals surface area contributed by atoms with Crippen LogP contribution in [0.1, 0.15) is 16.7 Å². The molecule has 3 aromatic rings. The number of carbonyl (C=O) groups excluding carboxylic acids is 1. The number of nitrogens with one attached hydrogen (secondary N) is 1. The number of methoxy groups -OCH3 is 3. The lowest BCUT2D eigenvalue weighted by molar-refractivity contribution is -0.117. The van der Waals surface area contributed by atoms with E-state index in [0.717, 1.165) is 11.1 Å². The van der Waals surface area contributed by atoms with Crippen LogP contribution >= 0.6 is 0 Å². The third-order valence-corrected chi connectivity index (χ3v) is 5.25. The molecule has 0 radical (unpaired) electrons. The van der Waals surface area contributed by atoms with E-state index in [9.17, 15) is 10.1 Å². The molecule has 0 aliphatic carbocycles. The Morgan fingerprint density at radius 1 is 0.857 bits per heavy atom. The highest BCUT2D eigenvalue weighted by molar-refractivity contribution is 6.01. The molecule has 0 heterocycles. The van der Waals surface area contributed by atoms with Gasteiger partial charge in [0.15, 0.2) is 23.0 Å². The summed E-state index contributed by atoms with van der Waals surface area (Å²) < 4.78 is 21.9. The molecule has 0 aliphatic rings. The second kappa shape index (κ2) is 12.7. The van der Waals surface area contributed by atoms with Crippen LogP contribution in [-0.2, 0) is 17.8 Å². The zero-order valence-corrected chi connectivity index (χ0v) is 20.0.